The van der Waals surface area contributed by atoms with Gasteiger partial charge in [-0.25, -0.2) is 0 Å². The Balaban J connectivity index is 1.98. The lowest BCUT2D eigenvalue weighted by Gasteiger charge is -2.04. The van der Waals surface area contributed by atoms with Gasteiger partial charge in [0.2, 0.25) is 0 Å². The van der Waals surface area contributed by atoms with Crippen LogP contribution in [0.3, 0.4) is 0 Å². The SMILES string of the molecule is [CH2]c1ccccc1Nc1nc2ccccc2o1. The van der Waals surface area contributed by atoms with Crippen LogP contribution in [-0.2, 0) is 0 Å². The van der Waals surface area contributed by atoms with Gasteiger partial charge in [0.05, 0.1) is 0 Å². The highest BCUT2D eigenvalue weighted by Gasteiger charge is 2.05. The summed E-state index contributed by atoms with van der Waals surface area (Å²) in [6.07, 6.45) is 0. The summed E-state index contributed by atoms with van der Waals surface area (Å²) in [5.74, 6) is 0. The Kier molecular flexibility index (Phi) is 2.29. The number of fused-ring (bicyclic) bond motifs is 1. The highest BCUT2D eigenvalue weighted by atomic mass is 16.4. The number of nitrogens with one attached hydrogen (secondary N) is 1. The van der Waals surface area contributed by atoms with E-state index in [1.54, 1.807) is 0 Å². The fraction of sp³-hybridized carbons (Fsp3) is 0. The molecular formula is C14H11N2O. The Bertz CT molecular complexity index is 625. The lowest BCUT2D eigenvalue weighted by Crippen LogP contribution is -1.92. The molecule has 0 saturated heterocycles. The van der Waals surface area contributed by atoms with Crippen LogP contribution in [0.1, 0.15) is 5.56 Å². The normalized spacial score (nSPS) is 10.6. The fourth-order valence-corrected chi connectivity index (χ4v) is 1.68. The fourth-order valence-electron chi connectivity index (χ4n) is 1.68. The van der Waals surface area contributed by atoms with Gasteiger partial charge in [0, 0.05) is 5.69 Å². The zero-order valence-electron chi connectivity index (χ0n) is 9.18. The van der Waals surface area contributed by atoms with Crippen molar-refractivity contribution in [3.63, 3.8) is 0 Å². The summed E-state index contributed by atoms with van der Waals surface area (Å²) in [5.41, 5.74) is 3.43. The molecule has 1 N–H and O–H groups in total. The zero-order valence-corrected chi connectivity index (χ0v) is 9.18. The number of aromatic nitrogens is 1. The first-order chi connectivity index (χ1) is 8.33. The molecule has 1 aromatic heterocycles. The highest BCUT2D eigenvalue weighted by molar-refractivity contribution is 5.75. The minimum atomic E-state index is 0.488. The topological polar surface area (TPSA) is 38.1 Å². The molecule has 0 unspecified atom stereocenters. The van der Waals surface area contributed by atoms with Crippen LogP contribution in [0.2, 0.25) is 0 Å². The molecule has 2 aromatic carbocycles. The molecule has 1 radical (unpaired) electrons. The standard InChI is InChI=1S/C14H11N2O/c1-10-6-2-3-7-11(10)15-14-16-12-8-4-5-9-13(12)17-14/h2-9H,1H2,(H,15,16). The van der Waals surface area contributed by atoms with E-state index >= 15 is 0 Å². The molecule has 0 atom stereocenters. The van der Waals surface area contributed by atoms with Crippen LogP contribution in [0.15, 0.2) is 52.9 Å². The lowest BCUT2D eigenvalue weighted by molar-refractivity contribution is 0.623. The smallest absolute Gasteiger partial charge is 0.300 e. The van der Waals surface area contributed by atoms with E-state index in [0.29, 0.717) is 6.01 Å². The monoisotopic (exact) mass is 223 g/mol. The van der Waals surface area contributed by atoms with Crippen molar-refractivity contribution >= 4 is 22.8 Å². The number of hydrogen-bond acceptors (Lipinski definition) is 3. The number of nitrogens with zero attached hydrogens (tertiary/aromatic N) is 1. The van der Waals surface area contributed by atoms with Crippen LogP contribution >= 0.6 is 0 Å². The predicted molar refractivity (Wildman–Crippen MR) is 68.2 cm³/mol. The first-order valence-corrected chi connectivity index (χ1v) is 5.36. The maximum atomic E-state index is 5.58. The van der Waals surface area contributed by atoms with Gasteiger partial charge < -0.3 is 9.73 Å². The third-order valence-electron chi connectivity index (χ3n) is 2.55. The van der Waals surface area contributed by atoms with Crippen LogP contribution in [0.25, 0.3) is 11.1 Å². The molecule has 3 aromatic rings. The first kappa shape index (κ1) is 9.90. The molecule has 1 heterocycles. The van der Waals surface area contributed by atoms with Crippen LogP contribution in [-0.4, -0.2) is 4.98 Å². The summed E-state index contributed by atoms with van der Waals surface area (Å²) in [6.45, 7) is 3.94. The van der Waals surface area contributed by atoms with E-state index in [1.165, 1.54) is 0 Å². The van der Waals surface area contributed by atoms with E-state index in [-0.39, 0.29) is 0 Å². The van der Waals surface area contributed by atoms with Crippen molar-refractivity contribution in [2.45, 2.75) is 0 Å². The Hall–Kier alpha value is -2.29. The van der Waals surface area contributed by atoms with Gasteiger partial charge in [-0.3, -0.25) is 0 Å². The second kappa shape index (κ2) is 3.94. The van der Waals surface area contributed by atoms with E-state index in [1.807, 2.05) is 48.5 Å². The van der Waals surface area contributed by atoms with Gasteiger partial charge in [0.25, 0.3) is 6.01 Å². The Morgan fingerprint density at radius 3 is 2.59 bits per heavy atom. The Morgan fingerprint density at radius 2 is 1.76 bits per heavy atom. The quantitative estimate of drug-likeness (QED) is 0.719. The summed E-state index contributed by atoms with van der Waals surface area (Å²) >= 11 is 0. The summed E-state index contributed by atoms with van der Waals surface area (Å²) in [7, 11) is 0. The van der Waals surface area contributed by atoms with Gasteiger partial charge in [-0.15, -0.1) is 0 Å². The van der Waals surface area contributed by atoms with E-state index in [4.69, 9.17) is 4.42 Å². The second-order valence-electron chi connectivity index (χ2n) is 3.77. The number of para-hydroxylation sites is 3. The predicted octanol–water partition coefficient (Wildman–Crippen LogP) is 3.75. The number of benzene rings is 2. The second-order valence-corrected chi connectivity index (χ2v) is 3.77. The molecule has 0 fully saturated rings. The van der Waals surface area contributed by atoms with Crippen molar-refractivity contribution in [3.8, 4) is 0 Å². The number of rotatable bonds is 2. The van der Waals surface area contributed by atoms with Crippen LogP contribution in [0.5, 0.6) is 0 Å². The molecule has 3 heteroatoms. The summed E-state index contributed by atoms with van der Waals surface area (Å²) < 4.78 is 5.58. The van der Waals surface area contributed by atoms with E-state index in [9.17, 15) is 0 Å². The Morgan fingerprint density at radius 1 is 1.00 bits per heavy atom. The van der Waals surface area contributed by atoms with Crippen LogP contribution < -0.4 is 5.32 Å². The third kappa shape index (κ3) is 1.87. The van der Waals surface area contributed by atoms with Gasteiger partial charge >= 0.3 is 0 Å². The van der Waals surface area contributed by atoms with E-state index in [0.717, 1.165) is 22.4 Å². The molecule has 0 bridgehead atoms. The van der Waals surface area contributed by atoms with Crippen molar-refractivity contribution < 1.29 is 4.42 Å². The van der Waals surface area contributed by atoms with Gasteiger partial charge in [-0.2, -0.15) is 4.98 Å². The first-order valence-electron chi connectivity index (χ1n) is 5.36. The molecule has 3 nitrogen and oxygen atoms in total. The van der Waals surface area contributed by atoms with Gasteiger partial charge in [0.15, 0.2) is 5.58 Å². The summed E-state index contributed by atoms with van der Waals surface area (Å²) in [6, 6.07) is 15.9. The average Bonchev–Trinajstić information content (AvgIpc) is 2.74. The Labute approximate surface area is 99.1 Å². The third-order valence-corrected chi connectivity index (χ3v) is 2.55. The summed E-state index contributed by atoms with van der Waals surface area (Å²) in [4.78, 5) is 4.34. The molecular weight excluding hydrogens is 212 g/mol. The molecule has 0 amide bonds. The maximum absolute atomic E-state index is 5.58. The van der Waals surface area contributed by atoms with E-state index in [2.05, 4.69) is 17.2 Å². The van der Waals surface area contributed by atoms with E-state index < -0.39 is 0 Å². The molecule has 3 rings (SSSR count). The van der Waals surface area contributed by atoms with Crippen molar-refractivity contribution in [2.75, 3.05) is 5.32 Å². The number of anilines is 2. The molecule has 0 aliphatic carbocycles. The number of hydrogen-bond donors (Lipinski definition) is 1. The zero-order chi connectivity index (χ0) is 11.7. The average molecular weight is 223 g/mol. The molecule has 0 aliphatic heterocycles. The lowest BCUT2D eigenvalue weighted by atomic mass is 10.2. The molecule has 0 spiro atoms. The van der Waals surface area contributed by atoms with Crippen molar-refractivity contribution in [1.29, 1.82) is 0 Å². The highest BCUT2D eigenvalue weighted by Crippen LogP contribution is 2.23. The van der Waals surface area contributed by atoms with Crippen molar-refractivity contribution in [2.24, 2.45) is 0 Å². The number of oxazole rings is 1. The van der Waals surface area contributed by atoms with Gasteiger partial charge in [-0.05, 0) is 30.7 Å². The minimum absolute atomic E-state index is 0.488. The molecule has 83 valence electrons. The molecule has 0 saturated carbocycles. The van der Waals surface area contributed by atoms with Gasteiger partial charge in [-0.1, -0.05) is 30.3 Å². The van der Waals surface area contributed by atoms with Crippen LogP contribution in [0.4, 0.5) is 11.7 Å². The maximum Gasteiger partial charge on any atom is 0.300 e. The molecule has 0 aliphatic rings. The van der Waals surface area contributed by atoms with Crippen molar-refractivity contribution in [3.05, 3.63) is 61.0 Å². The van der Waals surface area contributed by atoms with Crippen molar-refractivity contribution in [1.82, 2.24) is 4.98 Å². The molecule has 17 heavy (non-hydrogen) atoms. The largest absolute Gasteiger partial charge is 0.423 e. The summed E-state index contributed by atoms with van der Waals surface area (Å²) in [5, 5.41) is 3.12. The van der Waals surface area contributed by atoms with Crippen LogP contribution in [0, 0.1) is 6.92 Å². The minimum Gasteiger partial charge on any atom is -0.423 e. The van der Waals surface area contributed by atoms with Gasteiger partial charge in [0.1, 0.15) is 5.52 Å².